The van der Waals surface area contributed by atoms with Gasteiger partial charge in [-0.2, -0.15) is 0 Å². The standard InChI is InChI=1S/C22H22ClFN4O2/c23-17-9-14(3-4-18(17)24)27-22-16-10-20(28-6-1-2-7-28)21(11-19(16)25-13-26-22)30-15-5-8-29-12-15/h3-4,9-11,13,15H,1-2,5-8,12H2,(H,25,26,27). The predicted molar refractivity (Wildman–Crippen MR) is 116 cm³/mol. The van der Waals surface area contributed by atoms with Crippen molar-refractivity contribution in [2.75, 3.05) is 36.5 Å². The zero-order valence-electron chi connectivity index (χ0n) is 16.4. The number of fused-ring (bicyclic) bond motifs is 1. The second-order valence-electron chi connectivity index (χ2n) is 7.61. The molecule has 0 amide bonds. The van der Waals surface area contributed by atoms with E-state index in [0.717, 1.165) is 61.3 Å². The van der Waals surface area contributed by atoms with Crippen LogP contribution < -0.4 is 15.0 Å². The number of hydrogen-bond acceptors (Lipinski definition) is 6. The Balaban J connectivity index is 1.55. The summed E-state index contributed by atoms with van der Waals surface area (Å²) in [4.78, 5) is 11.2. The van der Waals surface area contributed by atoms with E-state index >= 15 is 0 Å². The maximum atomic E-state index is 13.5. The number of benzene rings is 2. The van der Waals surface area contributed by atoms with E-state index in [4.69, 9.17) is 21.1 Å². The Morgan fingerprint density at radius 2 is 2.03 bits per heavy atom. The molecule has 1 unspecified atom stereocenters. The lowest BCUT2D eigenvalue weighted by atomic mass is 10.1. The van der Waals surface area contributed by atoms with Crippen LogP contribution >= 0.6 is 11.6 Å². The van der Waals surface area contributed by atoms with Crippen LogP contribution in [0.25, 0.3) is 10.9 Å². The van der Waals surface area contributed by atoms with Gasteiger partial charge in [0.25, 0.3) is 0 Å². The first kappa shape index (κ1) is 19.3. The van der Waals surface area contributed by atoms with E-state index in [1.807, 2.05) is 6.07 Å². The molecule has 6 nitrogen and oxygen atoms in total. The molecule has 30 heavy (non-hydrogen) atoms. The Labute approximate surface area is 179 Å². The molecular weight excluding hydrogens is 407 g/mol. The molecule has 2 saturated heterocycles. The van der Waals surface area contributed by atoms with Crippen molar-refractivity contribution in [1.29, 1.82) is 0 Å². The van der Waals surface area contributed by atoms with Crippen molar-refractivity contribution in [3.63, 3.8) is 0 Å². The highest BCUT2D eigenvalue weighted by molar-refractivity contribution is 6.31. The van der Waals surface area contributed by atoms with E-state index in [1.54, 1.807) is 12.1 Å². The van der Waals surface area contributed by atoms with Crippen molar-refractivity contribution < 1.29 is 13.9 Å². The highest BCUT2D eigenvalue weighted by Gasteiger charge is 2.23. The lowest BCUT2D eigenvalue weighted by Crippen LogP contribution is -2.22. The highest BCUT2D eigenvalue weighted by Crippen LogP contribution is 2.38. The first-order valence-electron chi connectivity index (χ1n) is 10.2. The molecule has 1 aromatic heterocycles. The molecule has 1 atom stereocenters. The maximum absolute atomic E-state index is 13.5. The molecule has 0 radical (unpaired) electrons. The van der Waals surface area contributed by atoms with Crippen LogP contribution in [0.5, 0.6) is 5.75 Å². The summed E-state index contributed by atoms with van der Waals surface area (Å²) in [5.74, 6) is 1.01. The van der Waals surface area contributed by atoms with Gasteiger partial charge in [0.1, 0.15) is 29.8 Å². The molecule has 2 aliphatic rings. The van der Waals surface area contributed by atoms with Gasteiger partial charge in [0.2, 0.25) is 0 Å². The van der Waals surface area contributed by atoms with Crippen molar-refractivity contribution in [3.8, 4) is 5.75 Å². The maximum Gasteiger partial charge on any atom is 0.145 e. The van der Waals surface area contributed by atoms with Crippen LogP contribution in [0.3, 0.4) is 0 Å². The average Bonchev–Trinajstić information content (AvgIpc) is 3.45. The third kappa shape index (κ3) is 3.87. The Bertz CT molecular complexity index is 1070. The Hall–Kier alpha value is -2.64. The minimum Gasteiger partial charge on any atom is -0.486 e. The molecule has 5 rings (SSSR count). The minimum atomic E-state index is -0.455. The van der Waals surface area contributed by atoms with Gasteiger partial charge in [-0.3, -0.25) is 0 Å². The summed E-state index contributed by atoms with van der Waals surface area (Å²) in [6, 6.07) is 8.57. The molecule has 0 spiro atoms. The summed E-state index contributed by atoms with van der Waals surface area (Å²) in [5, 5.41) is 4.17. The molecule has 2 fully saturated rings. The van der Waals surface area contributed by atoms with Crippen LogP contribution in [0.1, 0.15) is 19.3 Å². The fraction of sp³-hybridized carbons (Fsp3) is 0.364. The lowest BCUT2D eigenvalue weighted by Gasteiger charge is -2.24. The van der Waals surface area contributed by atoms with Crippen LogP contribution in [0.15, 0.2) is 36.7 Å². The fourth-order valence-electron chi connectivity index (χ4n) is 3.97. The first-order valence-corrected chi connectivity index (χ1v) is 10.6. The zero-order chi connectivity index (χ0) is 20.5. The van der Waals surface area contributed by atoms with Gasteiger partial charge in [-0.25, -0.2) is 14.4 Å². The molecule has 3 aromatic rings. The Kier molecular flexibility index (Phi) is 5.31. The van der Waals surface area contributed by atoms with Crippen molar-refractivity contribution in [1.82, 2.24) is 9.97 Å². The second kappa shape index (κ2) is 8.24. The number of ether oxygens (including phenoxy) is 2. The van der Waals surface area contributed by atoms with Gasteiger partial charge in [0.05, 0.1) is 29.4 Å². The van der Waals surface area contributed by atoms with Gasteiger partial charge >= 0.3 is 0 Å². The summed E-state index contributed by atoms with van der Waals surface area (Å²) in [6.45, 7) is 3.33. The Morgan fingerprint density at radius 3 is 2.80 bits per heavy atom. The third-order valence-electron chi connectivity index (χ3n) is 5.53. The van der Waals surface area contributed by atoms with Crippen molar-refractivity contribution in [2.24, 2.45) is 0 Å². The molecule has 2 aromatic carbocycles. The number of nitrogens with one attached hydrogen (secondary N) is 1. The fourth-order valence-corrected chi connectivity index (χ4v) is 4.15. The summed E-state index contributed by atoms with van der Waals surface area (Å²) in [7, 11) is 0. The lowest BCUT2D eigenvalue weighted by molar-refractivity contribution is 0.141. The van der Waals surface area contributed by atoms with Gasteiger partial charge in [0, 0.05) is 36.7 Å². The van der Waals surface area contributed by atoms with Crippen LogP contribution in [-0.4, -0.2) is 42.4 Å². The SMILES string of the molecule is Fc1ccc(Nc2ncnc3cc(OC4CCOC4)c(N4CCCC4)cc23)cc1Cl. The summed E-state index contributed by atoms with van der Waals surface area (Å²) < 4.78 is 25.3. The Morgan fingerprint density at radius 1 is 1.17 bits per heavy atom. The zero-order valence-corrected chi connectivity index (χ0v) is 17.2. The van der Waals surface area contributed by atoms with Gasteiger partial charge in [0.15, 0.2) is 0 Å². The molecule has 0 saturated carbocycles. The average molecular weight is 429 g/mol. The number of halogens is 2. The first-order chi connectivity index (χ1) is 14.7. The van der Waals surface area contributed by atoms with Crippen molar-refractivity contribution in [3.05, 3.63) is 47.5 Å². The number of hydrogen-bond donors (Lipinski definition) is 1. The van der Waals surface area contributed by atoms with Crippen molar-refractivity contribution in [2.45, 2.75) is 25.4 Å². The summed E-state index contributed by atoms with van der Waals surface area (Å²) in [5.41, 5.74) is 2.48. The second-order valence-corrected chi connectivity index (χ2v) is 8.02. The van der Waals surface area contributed by atoms with Gasteiger partial charge in [-0.15, -0.1) is 0 Å². The topological polar surface area (TPSA) is 59.5 Å². The van der Waals surface area contributed by atoms with E-state index in [-0.39, 0.29) is 11.1 Å². The smallest absolute Gasteiger partial charge is 0.145 e. The molecular formula is C22H22ClFN4O2. The third-order valence-corrected chi connectivity index (χ3v) is 5.82. The summed E-state index contributed by atoms with van der Waals surface area (Å²) in [6.07, 6.45) is 4.78. The van der Waals surface area contributed by atoms with Gasteiger partial charge in [-0.1, -0.05) is 11.6 Å². The number of anilines is 3. The van der Waals surface area contributed by atoms with Crippen LogP contribution in [-0.2, 0) is 4.74 Å². The number of aromatic nitrogens is 2. The highest BCUT2D eigenvalue weighted by atomic mass is 35.5. The monoisotopic (exact) mass is 428 g/mol. The normalized spacial score (nSPS) is 18.9. The largest absolute Gasteiger partial charge is 0.486 e. The van der Waals surface area contributed by atoms with E-state index in [9.17, 15) is 4.39 Å². The van der Waals surface area contributed by atoms with E-state index in [1.165, 1.54) is 12.4 Å². The predicted octanol–water partition coefficient (Wildman–Crippen LogP) is 4.93. The molecule has 0 bridgehead atoms. The van der Waals surface area contributed by atoms with E-state index in [0.29, 0.717) is 18.1 Å². The quantitative estimate of drug-likeness (QED) is 0.621. The molecule has 2 aliphatic heterocycles. The minimum absolute atomic E-state index is 0.0598. The van der Waals surface area contributed by atoms with Crippen LogP contribution in [0.4, 0.5) is 21.6 Å². The molecule has 156 valence electrons. The summed E-state index contributed by atoms with van der Waals surface area (Å²) >= 11 is 5.93. The number of nitrogens with zero attached hydrogens (tertiary/aromatic N) is 3. The molecule has 3 heterocycles. The van der Waals surface area contributed by atoms with Gasteiger partial charge < -0.3 is 19.7 Å². The molecule has 0 aliphatic carbocycles. The molecule has 8 heteroatoms. The van der Waals surface area contributed by atoms with E-state index < -0.39 is 5.82 Å². The van der Waals surface area contributed by atoms with E-state index in [2.05, 4.69) is 26.3 Å². The van der Waals surface area contributed by atoms with Crippen molar-refractivity contribution >= 4 is 39.7 Å². The number of rotatable bonds is 5. The van der Waals surface area contributed by atoms with Crippen LogP contribution in [0, 0.1) is 5.82 Å². The van der Waals surface area contributed by atoms with Gasteiger partial charge in [-0.05, 0) is 37.1 Å². The van der Waals surface area contributed by atoms with Crippen LogP contribution in [0.2, 0.25) is 5.02 Å². The molecule has 1 N–H and O–H groups in total.